The minimum absolute atomic E-state index is 0.0838. The number of amides is 2. The molecule has 1 aromatic heterocycles. The zero-order valence-corrected chi connectivity index (χ0v) is 18.5. The minimum atomic E-state index is -1.07. The Morgan fingerprint density at radius 3 is 2.85 bits per heavy atom. The molecule has 1 saturated heterocycles. The molecule has 2 aliphatic rings. The Kier molecular flexibility index (Phi) is 6.12. The molecule has 0 unspecified atom stereocenters. The number of piperidine rings is 1. The second-order valence-electron chi connectivity index (χ2n) is 8.46. The van der Waals surface area contributed by atoms with Gasteiger partial charge in [-0.3, -0.25) is 29.5 Å². The summed E-state index contributed by atoms with van der Waals surface area (Å²) in [6.07, 6.45) is 3.77. The average Bonchev–Trinajstić information content (AvgIpc) is 2.79. The molecule has 2 aromatic rings. The van der Waals surface area contributed by atoms with Crippen LogP contribution in [0.5, 0.6) is 0 Å². The molecule has 1 aromatic carbocycles. The first kappa shape index (κ1) is 22.4. The van der Waals surface area contributed by atoms with Crippen molar-refractivity contribution in [1.29, 1.82) is 0 Å². The molecule has 11 heteroatoms. The Morgan fingerprint density at radius 1 is 1.33 bits per heavy atom. The number of nitrogens with one attached hydrogen (secondary N) is 3. The summed E-state index contributed by atoms with van der Waals surface area (Å²) in [5, 5.41) is 16.4. The number of aromatic amines is 1. The largest absolute Gasteiger partial charge is 0.339 e. The number of nitro benzene ring substituents is 1. The third-order valence-corrected chi connectivity index (χ3v) is 6.30. The van der Waals surface area contributed by atoms with Crippen molar-refractivity contribution in [2.24, 2.45) is 0 Å². The van der Waals surface area contributed by atoms with Crippen molar-refractivity contribution in [2.75, 3.05) is 22.1 Å². The molecule has 2 atom stereocenters. The Hall–Kier alpha value is -3.76. The number of nitrogens with zero attached hydrogens (tertiary/aromatic N) is 3. The first-order valence-electron chi connectivity index (χ1n) is 11.0. The van der Waals surface area contributed by atoms with Gasteiger partial charge in [-0.05, 0) is 38.7 Å². The summed E-state index contributed by atoms with van der Waals surface area (Å²) < 4.78 is 0. The van der Waals surface area contributed by atoms with Crippen molar-refractivity contribution in [2.45, 2.75) is 57.9 Å². The van der Waals surface area contributed by atoms with E-state index in [4.69, 9.17) is 0 Å². The highest BCUT2D eigenvalue weighted by Gasteiger charge is 2.36. The topological polar surface area (TPSA) is 150 Å². The molecule has 0 aliphatic carbocycles. The van der Waals surface area contributed by atoms with Crippen LogP contribution in [0.3, 0.4) is 0 Å². The van der Waals surface area contributed by atoms with Crippen molar-refractivity contribution in [3.05, 3.63) is 49.8 Å². The molecule has 3 heterocycles. The maximum atomic E-state index is 13.0. The predicted octanol–water partition coefficient (Wildman–Crippen LogP) is 2.82. The number of H-pyrrole nitrogens is 1. The number of anilines is 3. The lowest BCUT2D eigenvalue weighted by Gasteiger charge is -2.36. The van der Waals surface area contributed by atoms with Crippen LogP contribution in [-0.2, 0) is 9.59 Å². The van der Waals surface area contributed by atoms with E-state index in [2.05, 4.69) is 27.5 Å². The molecule has 3 N–H and O–H groups in total. The van der Waals surface area contributed by atoms with E-state index in [9.17, 15) is 24.5 Å². The van der Waals surface area contributed by atoms with Crippen LogP contribution < -0.4 is 21.1 Å². The fourth-order valence-electron chi connectivity index (χ4n) is 4.54. The minimum Gasteiger partial charge on any atom is -0.339 e. The van der Waals surface area contributed by atoms with Gasteiger partial charge in [-0.1, -0.05) is 13.0 Å². The number of rotatable bonds is 5. The van der Waals surface area contributed by atoms with E-state index in [0.717, 1.165) is 32.2 Å². The van der Waals surface area contributed by atoms with Gasteiger partial charge < -0.3 is 15.5 Å². The SMILES string of the molecule is CC[C@H]1CCCCN1c1nc2c(c(=O)[nH]1)[C@H](C(=O)Nc1ccc(C)c([N+](=O)[O-])c1)CC(=O)N2. The highest BCUT2D eigenvalue weighted by molar-refractivity contribution is 6.04. The first-order valence-corrected chi connectivity index (χ1v) is 11.0. The molecule has 0 radical (unpaired) electrons. The monoisotopic (exact) mass is 454 g/mol. The third kappa shape index (κ3) is 4.43. The van der Waals surface area contributed by atoms with Crippen LogP contribution in [0.4, 0.5) is 23.1 Å². The average molecular weight is 454 g/mol. The number of carbonyl (C=O) groups is 2. The molecular weight excluding hydrogens is 428 g/mol. The van der Waals surface area contributed by atoms with Gasteiger partial charge in [0.25, 0.3) is 11.2 Å². The van der Waals surface area contributed by atoms with E-state index >= 15 is 0 Å². The highest BCUT2D eigenvalue weighted by Crippen LogP contribution is 2.32. The maximum Gasteiger partial charge on any atom is 0.274 e. The number of carbonyl (C=O) groups excluding carboxylic acids is 2. The van der Waals surface area contributed by atoms with Gasteiger partial charge in [-0.25, -0.2) is 0 Å². The lowest BCUT2D eigenvalue weighted by Crippen LogP contribution is -2.43. The van der Waals surface area contributed by atoms with Crippen LogP contribution in [0.25, 0.3) is 0 Å². The van der Waals surface area contributed by atoms with Gasteiger partial charge in [0.15, 0.2) is 0 Å². The highest BCUT2D eigenvalue weighted by atomic mass is 16.6. The molecular formula is C22H26N6O5. The van der Waals surface area contributed by atoms with E-state index in [1.165, 1.54) is 18.2 Å². The molecule has 33 heavy (non-hydrogen) atoms. The summed E-state index contributed by atoms with van der Waals surface area (Å²) in [6.45, 7) is 4.43. The van der Waals surface area contributed by atoms with Crippen molar-refractivity contribution in [3.63, 3.8) is 0 Å². The third-order valence-electron chi connectivity index (χ3n) is 6.30. The van der Waals surface area contributed by atoms with Gasteiger partial charge in [0.05, 0.1) is 16.4 Å². The van der Waals surface area contributed by atoms with E-state index in [-0.39, 0.29) is 35.2 Å². The Labute approximate surface area is 189 Å². The van der Waals surface area contributed by atoms with E-state index in [0.29, 0.717) is 11.5 Å². The molecule has 4 rings (SSSR count). The number of hydrogen-bond acceptors (Lipinski definition) is 7. The molecule has 1 fully saturated rings. The fraction of sp³-hybridized carbons (Fsp3) is 0.455. The van der Waals surface area contributed by atoms with E-state index < -0.39 is 28.2 Å². The summed E-state index contributed by atoms with van der Waals surface area (Å²) in [5.41, 5.74) is 0.139. The molecule has 2 amide bonds. The van der Waals surface area contributed by atoms with Crippen molar-refractivity contribution < 1.29 is 14.5 Å². The van der Waals surface area contributed by atoms with Crippen LogP contribution in [0.15, 0.2) is 23.0 Å². The Morgan fingerprint density at radius 2 is 2.12 bits per heavy atom. The summed E-state index contributed by atoms with van der Waals surface area (Å²) in [6, 6.07) is 4.56. The van der Waals surface area contributed by atoms with Gasteiger partial charge in [0.2, 0.25) is 17.8 Å². The zero-order valence-electron chi connectivity index (χ0n) is 18.5. The Bertz CT molecular complexity index is 1180. The summed E-state index contributed by atoms with van der Waals surface area (Å²) >= 11 is 0. The summed E-state index contributed by atoms with van der Waals surface area (Å²) in [7, 11) is 0. The molecule has 11 nitrogen and oxygen atoms in total. The van der Waals surface area contributed by atoms with Crippen LogP contribution in [0, 0.1) is 17.0 Å². The molecule has 0 spiro atoms. The van der Waals surface area contributed by atoms with Crippen LogP contribution >= 0.6 is 0 Å². The van der Waals surface area contributed by atoms with Gasteiger partial charge in [0.1, 0.15) is 5.82 Å². The zero-order chi connectivity index (χ0) is 23.7. The molecule has 0 saturated carbocycles. The van der Waals surface area contributed by atoms with Crippen molar-refractivity contribution in [3.8, 4) is 0 Å². The quantitative estimate of drug-likeness (QED) is 0.464. The lowest BCUT2D eigenvalue weighted by molar-refractivity contribution is -0.385. The normalized spacial score (nSPS) is 20.1. The predicted molar refractivity (Wildman–Crippen MR) is 123 cm³/mol. The number of benzene rings is 1. The second-order valence-corrected chi connectivity index (χ2v) is 8.46. The first-order chi connectivity index (χ1) is 15.8. The van der Waals surface area contributed by atoms with Crippen molar-refractivity contribution >= 4 is 35.0 Å². The smallest absolute Gasteiger partial charge is 0.274 e. The summed E-state index contributed by atoms with van der Waals surface area (Å²) in [5.74, 6) is -1.62. The van der Waals surface area contributed by atoms with Crippen LogP contribution in [0.2, 0.25) is 0 Å². The van der Waals surface area contributed by atoms with E-state index in [1.807, 2.05) is 4.90 Å². The lowest BCUT2D eigenvalue weighted by atomic mass is 9.92. The van der Waals surface area contributed by atoms with Gasteiger partial charge in [-0.15, -0.1) is 0 Å². The van der Waals surface area contributed by atoms with Gasteiger partial charge in [0, 0.05) is 36.3 Å². The Balaban J connectivity index is 1.65. The molecule has 2 aliphatic heterocycles. The molecule has 0 bridgehead atoms. The number of aromatic nitrogens is 2. The standard InChI is InChI=1S/C22H26N6O5/c1-3-14-6-4-5-9-27(14)22-25-19-18(21(31)26-22)15(11-17(29)24-19)20(30)23-13-8-7-12(2)16(10-13)28(32)33/h7-8,10,14-15H,3-6,9,11H2,1-2H3,(H,23,30)(H2,24,25,26,29,31)/t14-,15+/m0/s1. The fourth-order valence-corrected chi connectivity index (χ4v) is 4.54. The van der Waals surface area contributed by atoms with Crippen LogP contribution in [0.1, 0.15) is 56.1 Å². The van der Waals surface area contributed by atoms with Crippen molar-refractivity contribution in [1.82, 2.24) is 9.97 Å². The summed E-state index contributed by atoms with van der Waals surface area (Å²) in [4.78, 5) is 58.4. The van der Waals surface area contributed by atoms with Crippen LogP contribution in [-0.4, -0.2) is 39.3 Å². The van der Waals surface area contributed by atoms with E-state index in [1.54, 1.807) is 6.92 Å². The molecule has 174 valence electrons. The van der Waals surface area contributed by atoms with Gasteiger partial charge in [-0.2, -0.15) is 4.98 Å². The number of aryl methyl sites for hydroxylation is 1. The number of hydrogen-bond donors (Lipinski definition) is 3. The number of nitro groups is 1. The second kappa shape index (κ2) is 9.00. The maximum absolute atomic E-state index is 13.0. The number of fused-ring (bicyclic) bond motifs is 1. The van der Waals surface area contributed by atoms with Gasteiger partial charge >= 0.3 is 0 Å².